The molecule has 0 aromatic heterocycles. The predicted molar refractivity (Wildman–Crippen MR) is 39.8 cm³/mol. The van der Waals surface area contributed by atoms with Crippen LogP contribution in [0, 0.1) is 0 Å². The molecule has 0 amide bonds. The van der Waals surface area contributed by atoms with Crippen molar-refractivity contribution in [1.82, 2.24) is 4.72 Å². The average molecular weight is 235 g/mol. The zero-order valence-corrected chi connectivity index (χ0v) is 7.82. The molecule has 0 saturated heterocycles. The molecule has 0 aliphatic carbocycles. The van der Waals surface area contributed by atoms with Crippen LogP contribution in [0.3, 0.4) is 0 Å². The van der Waals surface area contributed by atoms with Gasteiger partial charge in [0.2, 0.25) is 0 Å². The molecule has 0 heterocycles. The molecule has 0 saturated carbocycles. The first kappa shape index (κ1) is 13.2. The number of sulfonamides is 1. The lowest BCUT2D eigenvalue weighted by Crippen LogP contribution is -2.46. The van der Waals surface area contributed by atoms with Crippen LogP contribution < -0.4 is 4.72 Å². The maximum atomic E-state index is 11.8. The molecule has 1 unspecified atom stereocenters. The van der Waals surface area contributed by atoms with Crippen LogP contribution in [0.25, 0.3) is 0 Å². The fraction of sp³-hybridized carbons (Fsp3) is 0.800. The molecule has 84 valence electrons. The Kier molecular flexibility index (Phi) is 3.89. The van der Waals surface area contributed by atoms with Crippen molar-refractivity contribution >= 4 is 16.0 Å². The number of hydrogen-bond donors (Lipinski definition) is 2. The van der Waals surface area contributed by atoms with Gasteiger partial charge in [0.05, 0.1) is 0 Å². The molecule has 0 aliphatic rings. The molecule has 1 atom stereocenters. The topological polar surface area (TPSA) is 83.5 Å². The number of carboxylic acids is 1. The summed E-state index contributed by atoms with van der Waals surface area (Å²) in [7, 11) is -5.58. The van der Waals surface area contributed by atoms with Gasteiger partial charge in [-0.3, -0.25) is 4.79 Å². The van der Waals surface area contributed by atoms with Crippen LogP contribution in [0.4, 0.5) is 13.2 Å². The van der Waals surface area contributed by atoms with Gasteiger partial charge in [0.25, 0.3) is 0 Å². The van der Waals surface area contributed by atoms with Gasteiger partial charge >= 0.3 is 21.5 Å². The van der Waals surface area contributed by atoms with Gasteiger partial charge in [-0.2, -0.15) is 17.9 Å². The molecule has 0 rings (SSSR count). The summed E-state index contributed by atoms with van der Waals surface area (Å²) in [6.07, 6.45) is -0.273. The molecular weight excluding hydrogens is 227 g/mol. The van der Waals surface area contributed by atoms with Crippen molar-refractivity contribution in [3.63, 3.8) is 0 Å². The van der Waals surface area contributed by atoms with E-state index in [1.54, 1.807) is 0 Å². The normalized spacial score (nSPS) is 15.1. The number of carbonyl (C=O) groups is 1. The van der Waals surface area contributed by atoms with Crippen LogP contribution in [-0.2, 0) is 14.8 Å². The number of halogens is 3. The van der Waals surface area contributed by atoms with Crippen LogP contribution in [0.15, 0.2) is 0 Å². The number of nitrogens with one attached hydrogen (secondary N) is 1. The average Bonchev–Trinajstić information content (AvgIpc) is 1.97. The fourth-order valence-electron chi connectivity index (χ4n) is 0.562. The molecule has 9 heteroatoms. The minimum absolute atomic E-state index is 0.273. The minimum atomic E-state index is -5.58. The first-order valence-electron chi connectivity index (χ1n) is 3.43. The Labute approximate surface area is 78.0 Å². The Balaban J connectivity index is 4.75. The lowest BCUT2D eigenvalue weighted by atomic mass is 10.2. The van der Waals surface area contributed by atoms with Crippen molar-refractivity contribution in [3.8, 4) is 0 Å². The summed E-state index contributed by atoms with van der Waals surface area (Å²) in [6.45, 7) is 1.25. The van der Waals surface area contributed by atoms with Crippen LogP contribution in [-0.4, -0.2) is 31.0 Å². The molecule has 0 bridgehead atoms. The Bertz CT molecular complexity index is 309. The Morgan fingerprint density at radius 2 is 1.93 bits per heavy atom. The summed E-state index contributed by atoms with van der Waals surface area (Å²) in [6, 6.07) is -1.76. The summed E-state index contributed by atoms with van der Waals surface area (Å²) < 4.78 is 57.1. The van der Waals surface area contributed by atoms with E-state index in [1.165, 1.54) is 6.92 Å². The van der Waals surface area contributed by atoms with Crippen molar-refractivity contribution in [1.29, 1.82) is 0 Å². The number of aliphatic carboxylic acids is 1. The van der Waals surface area contributed by atoms with E-state index < -0.39 is 27.5 Å². The van der Waals surface area contributed by atoms with Gasteiger partial charge < -0.3 is 5.11 Å². The quantitative estimate of drug-likeness (QED) is 0.733. The van der Waals surface area contributed by atoms with Crippen molar-refractivity contribution in [2.24, 2.45) is 0 Å². The largest absolute Gasteiger partial charge is 0.511 e. The van der Waals surface area contributed by atoms with Crippen molar-refractivity contribution in [2.45, 2.75) is 24.9 Å². The van der Waals surface area contributed by atoms with Gasteiger partial charge in [-0.05, 0) is 6.42 Å². The molecule has 14 heavy (non-hydrogen) atoms. The lowest BCUT2D eigenvalue weighted by molar-refractivity contribution is -0.139. The van der Waals surface area contributed by atoms with Crippen LogP contribution in [0.5, 0.6) is 0 Å². The number of alkyl halides is 3. The second-order valence-electron chi connectivity index (χ2n) is 2.37. The second kappa shape index (κ2) is 4.13. The van der Waals surface area contributed by atoms with E-state index in [4.69, 9.17) is 5.11 Å². The molecule has 2 N–H and O–H groups in total. The monoisotopic (exact) mass is 235 g/mol. The maximum absolute atomic E-state index is 11.8. The summed E-state index contributed by atoms with van der Waals surface area (Å²) >= 11 is 0. The molecule has 0 aliphatic heterocycles. The van der Waals surface area contributed by atoms with E-state index >= 15 is 0 Å². The third-order valence-electron chi connectivity index (χ3n) is 1.31. The van der Waals surface area contributed by atoms with Crippen LogP contribution >= 0.6 is 0 Å². The highest BCUT2D eigenvalue weighted by Crippen LogP contribution is 2.22. The summed E-state index contributed by atoms with van der Waals surface area (Å²) in [4.78, 5) is 10.2. The van der Waals surface area contributed by atoms with E-state index in [0.29, 0.717) is 0 Å². The van der Waals surface area contributed by atoms with Crippen LogP contribution in [0.1, 0.15) is 13.3 Å². The Morgan fingerprint density at radius 3 is 2.14 bits per heavy atom. The number of carboxylic acid groups (broad SMARTS) is 1. The van der Waals surface area contributed by atoms with Crippen molar-refractivity contribution in [2.75, 3.05) is 0 Å². The van der Waals surface area contributed by atoms with Crippen LogP contribution in [0.2, 0.25) is 0 Å². The molecule has 0 radical (unpaired) electrons. The van der Waals surface area contributed by atoms with Gasteiger partial charge in [-0.25, -0.2) is 8.42 Å². The molecule has 0 spiro atoms. The van der Waals surface area contributed by atoms with Gasteiger partial charge in [0.15, 0.2) is 0 Å². The molecule has 0 aromatic carbocycles. The van der Waals surface area contributed by atoms with E-state index in [9.17, 15) is 26.4 Å². The highest BCUT2D eigenvalue weighted by molar-refractivity contribution is 7.90. The smallest absolute Gasteiger partial charge is 0.480 e. The minimum Gasteiger partial charge on any atom is -0.480 e. The first-order chi connectivity index (χ1) is 6.12. The summed E-state index contributed by atoms with van der Waals surface area (Å²) in [5.41, 5.74) is -5.49. The second-order valence-corrected chi connectivity index (χ2v) is 4.07. The summed E-state index contributed by atoms with van der Waals surface area (Å²) in [5, 5.41) is 8.31. The fourth-order valence-corrected chi connectivity index (χ4v) is 1.34. The van der Waals surface area contributed by atoms with Gasteiger partial charge in [0.1, 0.15) is 6.04 Å². The predicted octanol–water partition coefficient (Wildman–Crippen LogP) is 0.289. The molecule has 5 nitrogen and oxygen atoms in total. The number of hydrogen-bond acceptors (Lipinski definition) is 3. The zero-order chi connectivity index (χ0) is 11.6. The van der Waals surface area contributed by atoms with Gasteiger partial charge in [-0.1, -0.05) is 6.92 Å². The van der Waals surface area contributed by atoms with Crippen molar-refractivity contribution < 1.29 is 31.5 Å². The Hall–Kier alpha value is -0.830. The SMILES string of the molecule is CCC(NS(=O)(=O)C(F)(F)F)C(=O)O. The highest BCUT2D eigenvalue weighted by atomic mass is 32.2. The standard InChI is InChI=1S/C5H8F3NO4S/c1-2-3(4(10)11)9-14(12,13)5(6,7)8/h3,9H,2H2,1H3,(H,10,11). The zero-order valence-electron chi connectivity index (χ0n) is 7.00. The molecular formula is C5H8F3NO4S. The van der Waals surface area contributed by atoms with Gasteiger partial charge in [-0.15, -0.1) is 0 Å². The Morgan fingerprint density at radius 1 is 1.50 bits per heavy atom. The van der Waals surface area contributed by atoms with E-state index in [2.05, 4.69) is 0 Å². The summed E-state index contributed by atoms with van der Waals surface area (Å²) in [5.74, 6) is -1.65. The third-order valence-corrected chi connectivity index (χ3v) is 2.51. The van der Waals surface area contributed by atoms with E-state index in [-0.39, 0.29) is 6.42 Å². The lowest BCUT2D eigenvalue weighted by Gasteiger charge is -2.14. The number of rotatable bonds is 4. The van der Waals surface area contributed by atoms with E-state index in [0.717, 1.165) is 4.72 Å². The molecule has 0 fully saturated rings. The van der Waals surface area contributed by atoms with Crippen molar-refractivity contribution in [3.05, 3.63) is 0 Å². The first-order valence-corrected chi connectivity index (χ1v) is 4.91. The highest BCUT2D eigenvalue weighted by Gasteiger charge is 2.47. The van der Waals surface area contributed by atoms with E-state index in [1.807, 2.05) is 0 Å². The maximum Gasteiger partial charge on any atom is 0.511 e. The third kappa shape index (κ3) is 3.14. The van der Waals surface area contributed by atoms with Gasteiger partial charge in [0, 0.05) is 0 Å². The molecule has 0 aromatic rings.